The second-order valence-electron chi connectivity index (χ2n) is 6.38. The third kappa shape index (κ3) is 3.23. The zero-order valence-corrected chi connectivity index (χ0v) is 15.1. The number of benzene rings is 2. The summed E-state index contributed by atoms with van der Waals surface area (Å²) in [6.45, 7) is 3.96. The van der Waals surface area contributed by atoms with Gasteiger partial charge in [0.1, 0.15) is 10.4 Å². The molecule has 2 heterocycles. The minimum absolute atomic E-state index is 0.148. The van der Waals surface area contributed by atoms with Crippen molar-refractivity contribution in [3.8, 4) is 11.5 Å². The number of aromatic nitrogens is 1. The molecule has 0 unspecified atom stereocenters. The number of nitrogens with one attached hydrogen (secondary N) is 1. The minimum Gasteiger partial charge on any atom is -0.436 e. The quantitative estimate of drug-likeness (QED) is 0.401. The number of hydrogen-bond donors (Lipinski definition) is 1. The lowest BCUT2D eigenvalue weighted by Crippen LogP contribution is -2.10. The summed E-state index contributed by atoms with van der Waals surface area (Å²) in [4.78, 5) is 26.8. The van der Waals surface area contributed by atoms with Gasteiger partial charge >= 0.3 is 5.88 Å². The molecule has 0 saturated carbocycles. The Kier molecular flexibility index (Phi) is 4.15. The van der Waals surface area contributed by atoms with Gasteiger partial charge in [0.15, 0.2) is 11.3 Å². The van der Waals surface area contributed by atoms with Gasteiger partial charge in [0.25, 0.3) is 5.91 Å². The number of oxazole rings is 1. The summed E-state index contributed by atoms with van der Waals surface area (Å²) < 4.78 is 10.8. The molecule has 2 aromatic carbocycles. The van der Waals surface area contributed by atoms with Gasteiger partial charge in [-0.05, 0) is 55.3 Å². The molecule has 4 aromatic rings. The van der Waals surface area contributed by atoms with Crippen LogP contribution in [0.4, 0.5) is 11.6 Å². The van der Waals surface area contributed by atoms with Crippen molar-refractivity contribution >= 4 is 28.6 Å². The maximum atomic E-state index is 12.3. The van der Waals surface area contributed by atoms with Crippen molar-refractivity contribution in [2.24, 2.45) is 0 Å². The molecule has 0 aliphatic carbocycles. The maximum Gasteiger partial charge on any atom is 0.433 e. The van der Waals surface area contributed by atoms with E-state index in [9.17, 15) is 14.9 Å². The molecule has 0 saturated heterocycles. The van der Waals surface area contributed by atoms with Gasteiger partial charge in [0.2, 0.25) is 5.89 Å². The topological polar surface area (TPSA) is 111 Å². The molecule has 0 aliphatic rings. The van der Waals surface area contributed by atoms with Gasteiger partial charge in [-0.2, -0.15) is 0 Å². The molecule has 0 radical (unpaired) electrons. The first-order chi connectivity index (χ1) is 13.4. The number of rotatable bonds is 4. The van der Waals surface area contributed by atoms with E-state index in [0.29, 0.717) is 17.1 Å². The van der Waals surface area contributed by atoms with Crippen molar-refractivity contribution in [2.45, 2.75) is 13.8 Å². The summed E-state index contributed by atoms with van der Waals surface area (Å²) in [5.74, 6) is -0.788. The molecule has 0 fully saturated rings. The Morgan fingerprint density at radius 1 is 1.11 bits per heavy atom. The highest BCUT2D eigenvalue weighted by Crippen LogP contribution is 2.29. The Balaban J connectivity index is 1.61. The summed E-state index contributed by atoms with van der Waals surface area (Å²) >= 11 is 0. The van der Waals surface area contributed by atoms with Gasteiger partial charge in [-0.1, -0.05) is 12.1 Å². The highest BCUT2D eigenvalue weighted by Gasteiger charge is 2.18. The Morgan fingerprint density at radius 3 is 2.68 bits per heavy atom. The van der Waals surface area contributed by atoms with Crippen LogP contribution in [0.3, 0.4) is 0 Å². The van der Waals surface area contributed by atoms with Gasteiger partial charge in [-0.25, -0.2) is 4.98 Å². The third-order valence-corrected chi connectivity index (χ3v) is 4.18. The largest absolute Gasteiger partial charge is 0.436 e. The molecular weight excluding hydrogens is 362 g/mol. The fourth-order valence-corrected chi connectivity index (χ4v) is 2.97. The lowest BCUT2D eigenvalue weighted by atomic mass is 10.1. The fraction of sp³-hybridized carbons (Fsp3) is 0.100. The van der Waals surface area contributed by atoms with Crippen molar-refractivity contribution in [2.75, 3.05) is 5.32 Å². The van der Waals surface area contributed by atoms with Crippen LogP contribution in [0, 0.1) is 24.0 Å². The predicted octanol–water partition coefficient (Wildman–Crippen LogP) is 4.87. The normalized spacial score (nSPS) is 10.9. The van der Waals surface area contributed by atoms with Crippen LogP contribution in [-0.4, -0.2) is 15.8 Å². The molecule has 8 heteroatoms. The van der Waals surface area contributed by atoms with E-state index < -0.39 is 16.7 Å². The molecule has 0 spiro atoms. The van der Waals surface area contributed by atoms with Crippen LogP contribution < -0.4 is 5.32 Å². The van der Waals surface area contributed by atoms with Crippen molar-refractivity contribution in [3.05, 3.63) is 75.5 Å². The standard InChI is InChI=1S/C20H15N3O5/c1-11-8-12(2)18-15(9-11)22-20(28-18)13-4-3-5-14(10-13)21-19(24)16-6-7-17(27-16)23(25)26/h3-10H,1-2H3,(H,21,24). The number of fused-ring (bicyclic) bond motifs is 1. The minimum atomic E-state index is -0.700. The monoisotopic (exact) mass is 377 g/mol. The Bertz CT molecular complexity index is 1220. The number of carbonyl (C=O) groups excluding carboxylic acids is 1. The summed E-state index contributed by atoms with van der Waals surface area (Å²) in [7, 11) is 0. The average molecular weight is 377 g/mol. The SMILES string of the molecule is Cc1cc(C)c2oc(-c3cccc(NC(=O)c4ccc([N+](=O)[O-])o4)c3)nc2c1. The van der Waals surface area contributed by atoms with Crippen LogP contribution in [0.1, 0.15) is 21.7 Å². The first-order valence-electron chi connectivity index (χ1n) is 8.44. The molecule has 0 bridgehead atoms. The Labute approximate surface area is 158 Å². The first-order valence-corrected chi connectivity index (χ1v) is 8.44. The second kappa shape index (κ2) is 6.66. The van der Waals surface area contributed by atoms with Crippen LogP contribution in [-0.2, 0) is 0 Å². The lowest BCUT2D eigenvalue weighted by molar-refractivity contribution is -0.402. The number of carbonyl (C=O) groups is 1. The predicted molar refractivity (Wildman–Crippen MR) is 102 cm³/mol. The molecule has 0 atom stereocenters. The number of furan rings is 1. The van der Waals surface area contributed by atoms with Gasteiger partial charge < -0.3 is 14.2 Å². The maximum absolute atomic E-state index is 12.3. The zero-order valence-electron chi connectivity index (χ0n) is 15.1. The van der Waals surface area contributed by atoms with Crippen molar-refractivity contribution in [1.29, 1.82) is 0 Å². The number of hydrogen-bond acceptors (Lipinski definition) is 6. The molecule has 0 aliphatic heterocycles. The number of nitrogens with zero attached hydrogens (tertiary/aromatic N) is 2. The summed E-state index contributed by atoms with van der Waals surface area (Å²) in [6.07, 6.45) is 0. The van der Waals surface area contributed by atoms with E-state index in [-0.39, 0.29) is 5.76 Å². The Hall–Kier alpha value is -3.94. The van der Waals surface area contributed by atoms with E-state index >= 15 is 0 Å². The fourth-order valence-electron chi connectivity index (χ4n) is 2.97. The second-order valence-corrected chi connectivity index (χ2v) is 6.38. The van der Waals surface area contributed by atoms with E-state index in [1.807, 2.05) is 32.0 Å². The van der Waals surface area contributed by atoms with Crippen LogP contribution in [0.5, 0.6) is 0 Å². The lowest BCUT2D eigenvalue weighted by Gasteiger charge is -2.04. The highest BCUT2D eigenvalue weighted by atomic mass is 16.6. The summed E-state index contributed by atoms with van der Waals surface area (Å²) in [5.41, 5.74) is 4.76. The van der Waals surface area contributed by atoms with Gasteiger partial charge in [-0.15, -0.1) is 0 Å². The van der Waals surface area contributed by atoms with Crippen LogP contribution in [0.2, 0.25) is 0 Å². The molecule has 4 rings (SSSR count). The number of aryl methyl sites for hydroxylation is 2. The van der Waals surface area contributed by atoms with E-state index in [4.69, 9.17) is 8.83 Å². The van der Waals surface area contributed by atoms with Crippen LogP contribution >= 0.6 is 0 Å². The number of amides is 1. The van der Waals surface area contributed by atoms with Gasteiger partial charge in [0, 0.05) is 11.3 Å². The van der Waals surface area contributed by atoms with E-state index in [2.05, 4.69) is 10.3 Å². The van der Waals surface area contributed by atoms with Crippen molar-refractivity contribution < 1.29 is 18.6 Å². The van der Waals surface area contributed by atoms with E-state index in [0.717, 1.165) is 28.3 Å². The number of nitro groups is 1. The molecule has 140 valence electrons. The van der Waals surface area contributed by atoms with Crippen LogP contribution in [0.25, 0.3) is 22.6 Å². The molecular formula is C20H15N3O5. The third-order valence-electron chi connectivity index (χ3n) is 4.18. The zero-order chi connectivity index (χ0) is 19.8. The van der Waals surface area contributed by atoms with Crippen molar-refractivity contribution in [3.63, 3.8) is 0 Å². The van der Waals surface area contributed by atoms with E-state index in [1.165, 1.54) is 6.07 Å². The molecule has 1 N–H and O–H groups in total. The van der Waals surface area contributed by atoms with Gasteiger partial charge in [0.05, 0.1) is 6.07 Å². The first kappa shape index (κ1) is 17.5. The van der Waals surface area contributed by atoms with Crippen molar-refractivity contribution in [1.82, 2.24) is 4.98 Å². The van der Waals surface area contributed by atoms with E-state index in [1.54, 1.807) is 18.2 Å². The van der Waals surface area contributed by atoms with Crippen LogP contribution in [0.15, 0.2) is 57.4 Å². The Morgan fingerprint density at radius 2 is 1.93 bits per heavy atom. The smallest absolute Gasteiger partial charge is 0.433 e. The molecule has 8 nitrogen and oxygen atoms in total. The average Bonchev–Trinajstić information content (AvgIpc) is 3.29. The molecule has 1 amide bonds. The summed E-state index contributed by atoms with van der Waals surface area (Å²) in [5, 5.41) is 13.3. The highest BCUT2D eigenvalue weighted by molar-refractivity contribution is 6.02. The van der Waals surface area contributed by atoms with Gasteiger partial charge in [-0.3, -0.25) is 14.9 Å². The molecule has 28 heavy (non-hydrogen) atoms. The number of anilines is 1. The summed E-state index contributed by atoms with van der Waals surface area (Å²) in [6, 6.07) is 13.3. The molecule has 2 aromatic heterocycles.